The van der Waals surface area contributed by atoms with Crippen molar-refractivity contribution in [2.75, 3.05) is 0 Å². The third kappa shape index (κ3) is 2.88. The van der Waals surface area contributed by atoms with Crippen LogP contribution in [0.15, 0.2) is 46.9 Å². The van der Waals surface area contributed by atoms with Gasteiger partial charge >= 0.3 is 0 Å². The molecule has 0 heterocycles. The molecule has 0 fully saturated rings. The number of amides is 1. The van der Waals surface area contributed by atoms with E-state index in [0.29, 0.717) is 5.56 Å². The molecule has 1 atom stereocenters. The first-order chi connectivity index (χ1) is 10.2. The third-order valence-corrected chi connectivity index (χ3v) is 5.16. The van der Waals surface area contributed by atoms with Gasteiger partial charge in [-0.25, -0.2) is 0 Å². The van der Waals surface area contributed by atoms with Crippen molar-refractivity contribution in [1.29, 1.82) is 0 Å². The Morgan fingerprint density at radius 2 is 2.00 bits per heavy atom. The number of nitrogens with one attached hydrogen (secondary N) is 1. The summed E-state index contributed by atoms with van der Waals surface area (Å²) < 4.78 is 0.881. The van der Waals surface area contributed by atoms with Crippen LogP contribution in [0, 0.1) is 6.92 Å². The molecule has 1 aliphatic rings. The van der Waals surface area contributed by atoms with Crippen LogP contribution in [0.5, 0.6) is 0 Å². The van der Waals surface area contributed by atoms with Crippen LogP contribution < -0.4 is 5.32 Å². The van der Waals surface area contributed by atoms with E-state index in [0.717, 1.165) is 29.3 Å². The van der Waals surface area contributed by atoms with E-state index in [4.69, 9.17) is 0 Å². The Hall–Kier alpha value is -1.61. The second kappa shape index (κ2) is 6.02. The molecule has 1 aliphatic carbocycles. The predicted molar refractivity (Wildman–Crippen MR) is 88.5 cm³/mol. The highest BCUT2D eigenvalue weighted by Crippen LogP contribution is 2.30. The van der Waals surface area contributed by atoms with Gasteiger partial charge in [0.1, 0.15) is 0 Å². The first-order valence-electron chi connectivity index (χ1n) is 7.30. The average molecular weight is 344 g/mol. The second-order valence-electron chi connectivity index (χ2n) is 5.55. The van der Waals surface area contributed by atoms with E-state index in [1.165, 1.54) is 11.1 Å². The number of halogens is 1. The Kier molecular flexibility index (Phi) is 4.11. The molecule has 1 N–H and O–H groups in total. The smallest absolute Gasteiger partial charge is 0.252 e. The van der Waals surface area contributed by atoms with E-state index in [1.807, 2.05) is 31.2 Å². The lowest BCUT2D eigenvalue weighted by atomic mass is 9.87. The van der Waals surface area contributed by atoms with E-state index in [9.17, 15) is 4.79 Å². The summed E-state index contributed by atoms with van der Waals surface area (Å²) in [6.45, 7) is 2.00. The third-order valence-electron chi connectivity index (χ3n) is 4.11. The fraction of sp³-hybridized carbons (Fsp3) is 0.278. The number of carbonyl (C=O) groups is 1. The minimum Gasteiger partial charge on any atom is -0.345 e. The molecule has 0 aliphatic heterocycles. The minimum atomic E-state index is -0.00715. The fourth-order valence-corrected chi connectivity index (χ4v) is 3.41. The summed E-state index contributed by atoms with van der Waals surface area (Å²) in [5.74, 6) is -0.00715. The molecule has 3 rings (SSSR count). The zero-order chi connectivity index (χ0) is 14.8. The van der Waals surface area contributed by atoms with Crippen molar-refractivity contribution in [2.45, 2.75) is 32.2 Å². The molecule has 3 heteroatoms. The van der Waals surface area contributed by atoms with Crippen molar-refractivity contribution in [3.63, 3.8) is 0 Å². The normalized spacial score (nSPS) is 17.1. The molecule has 21 heavy (non-hydrogen) atoms. The summed E-state index contributed by atoms with van der Waals surface area (Å²) in [6.07, 6.45) is 3.24. The van der Waals surface area contributed by atoms with Gasteiger partial charge in [-0.2, -0.15) is 0 Å². The second-order valence-corrected chi connectivity index (χ2v) is 6.35. The van der Waals surface area contributed by atoms with E-state index < -0.39 is 0 Å². The Bertz CT molecular complexity index is 681. The minimum absolute atomic E-state index is 0.00715. The Labute approximate surface area is 133 Å². The fourth-order valence-electron chi connectivity index (χ4n) is 2.96. The number of aryl methyl sites for hydroxylation is 2. The van der Waals surface area contributed by atoms with E-state index >= 15 is 0 Å². The predicted octanol–water partition coefficient (Wildman–Crippen LogP) is 4.56. The van der Waals surface area contributed by atoms with Gasteiger partial charge in [-0.15, -0.1) is 0 Å². The number of rotatable bonds is 2. The highest BCUT2D eigenvalue weighted by atomic mass is 79.9. The maximum atomic E-state index is 12.6. The lowest BCUT2D eigenvalue weighted by Crippen LogP contribution is -2.31. The quantitative estimate of drug-likeness (QED) is 0.850. The van der Waals surface area contributed by atoms with Crippen LogP contribution in [-0.4, -0.2) is 5.91 Å². The lowest BCUT2D eigenvalue weighted by Gasteiger charge is -2.26. The van der Waals surface area contributed by atoms with Gasteiger partial charge in [-0.3, -0.25) is 4.79 Å². The molecule has 108 valence electrons. The van der Waals surface area contributed by atoms with Gasteiger partial charge in [-0.05, 0) is 64.9 Å². The first kappa shape index (κ1) is 14.3. The maximum Gasteiger partial charge on any atom is 0.252 e. The zero-order valence-electron chi connectivity index (χ0n) is 12.0. The Morgan fingerprint density at radius 3 is 2.86 bits per heavy atom. The van der Waals surface area contributed by atoms with Gasteiger partial charge in [0.2, 0.25) is 0 Å². The van der Waals surface area contributed by atoms with Crippen LogP contribution >= 0.6 is 15.9 Å². The van der Waals surface area contributed by atoms with Crippen LogP contribution in [-0.2, 0) is 6.42 Å². The SMILES string of the molecule is Cc1cccc(C(=O)NC2CCCc3ccccc32)c1Br. The maximum absolute atomic E-state index is 12.6. The molecule has 0 radical (unpaired) electrons. The number of carbonyl (C=O) groups excluding carboxylic acids is 1. The molecule has 0 saturated carbocycles. The highest BCUT2D eigenvalue weighted by Gasteiger charge is 2.22. The van der Waals surface area contributed by atoms with Gasteiger partial charge in [0.15, 0.2) is 0 Å². The van der Waals surface area contributed by atoms with E-state index in [2.05, 4.69) is 39.4 Å². The number of hydrogen-bond acceptors (Lipinski definition) is 1. The summed E-state index contributed by atoms with van der Waals surface area (Å²) >= 11 is 3.52. The van der Waals surface area contributed by atoms with Gasteiger partial charge in [-0.1, -0.05) is 36.4 Å². The van der Waals surface area contributed by atoms with Crippen molar-refractivity contribution >= 4 is 21.8 Å². The van der Waals surface area contributed by atoms with E-state index in [1.54, 1.807) is 0 Å². The standard InChI is InChI=1S/C18H18BrNO/c1-12-6-4-10-15(17(12)19)18(21)20-16-11-5-8-13-7-2-3-9-14(13)16/h2-4,6-7,9-10,16H,5,8,11H2,1H3,(H,20,21). The van der Waals surface area contributed by atoms with Crippen molar-refractivity contribution < 1.29 is 4.79 Å². The van der Waals surface area contributed by atoms with Crippen molar-refractivity contribution in [1.82, 2.24) is 5.32 Å². The first-order valence-corrected chi connectivity index (χ1v) is 8.10. The van der Waals surface area contributed by atoms with Gasteiger partial charge < -0.3 is 5.32 Å². The zero-order valence-corrected chi connectivity index (χ0v) is 13.6. The van der Waals surface area contributed by atoms with Crippen LogP contribution in [0.4, 0.5) is 0 Å². The summed E-state index contributed by atoms with van der Waals surface area (Å²) in [7, 11) is 0. The molecule has 0 saturated heterocycles. The van der Waals surface area contributed by atoms with Crippen LogP contribution in [0.1, 0.15) is 45.9 Å². The van der Waals surface area contributed by atoms with Gasteiger partial charge in [0.05, 0.1) is 11.6 Å². The molecule has 2 aromatic rings. The van der Waals surface area contributed by atoms with Crippen molar-refractivity contribution in [3.8, 4) is 0 Å². The summed E-state index contributed by atoms with van der Waals surface area (Å²) in [5, 5.41) is 3.19. The summed E-state index contributed by atoms with van der Waals surface area (Å²) in [6, 6.07) is 14.3. The van der Waals surface area contributed by atoms with Gasteiger partial charge in [0, 0.05) is 4.47 Å². The highest BCUT2D eigenvalue weighted by molar-refractivity contribution is 9.10. The molecule has 0 spiro atoms. The van der Waals surface area contributed by atoms with Gasteiger partial charge in [0.25, 0.3) is 5.91 Å². The van der Waals surface area contributed by atoms with Crippen molar-refractivity contribution in [3.05, 3.63) is 69.2 Å². The summed E-state index contributed by atoms with van der Waals surface area (Å²) in [5.41, 5.74) is 4.41. The van der Waals surface area contributed by atoms with E-state index in [-0.39, 0.29) is 11.9 Å². The number of hydrogen-bond donors (Lipinski definition) is 1. The van der Waals surface area contributed by atoms with Crippen molar-refractivity contribution in [2.24, 2.45) is 0 Å². The monoisotopic (exact) mass is 343 g/mol. The van der Waals surface area contributed by atoms with Crippen LogP contribution in [0.2, 0.25) is 0 Å². The van der Waals surface area contributed by atoms with Crippen LogP contribution in [0.25, 0.3) is 0 Å². The summed E-state index contributed by atoms with van der Waals surface area (Å²) in [4.78, 5) is 12.6. The number of benzene rings is 2. The topological polar surface area (TPSA) is 29.1 Å². The molecule has 1 unspecified atom stereocenters. The Balaban J connectivity index is 1.85. The molecule has 0 aromatic heterocycles. The molecular weight excluding hydrogens is 326 g/mol. The molecular formula is C18H18BrNO. The average Bonchev–Trinajstić information content (AvgIpc) is 2.50. The molecule has 2 nitrogen and oxygen atoms in total. The lowest BCUT2D eigenvalue weighted by molar-refractivity contribution is 0.0932. The van der Waals surface area contributed by atoms with Crippen LogP contribution in [0.3, 0.4) is 0 Å². The number of fused-ring (bicyclic) bond motifs is 1. The Morgan fingerprint density at radius 1 is 1.19 bits per heavy atom. The molecule has 0 bridgehead atoms. The molecule has 1 amide bonds. The molecule has 2 aromatic carbocycles. The largest absolute Gasteiger partial charge is 0.345 e.